The molecule has 2 aromatic rings. The van der Waals surface area contributed by atoms with E-state index in [4.69, 9.17) is 4.74 Å². The summed E-state index contributed by atoms with van der Waals surface area (Å²) in [5.41, 5.74) is -0.427. The van der Waals surface area contributed by atoms with E-state index in [-0.39, 0.29) is 6.42 Å². The van der Waals surface area contributed by atoms with Gasteiger partial charge in [-0.2, -0.15) is 0 Å². The number of carbonyl (C=O) groups is 2. The van der Waals surface area contributed by atoms with Crippen molar-refractivity contribution in [3.8, 4) is 5.75 Å². The maximum atomic E-state index is 14.2. The molecular weight excluding hydrogens is 449 g/mol. The third-order valence-electron chi connectivity index (χ3n) is 5.31. The first-order chi connectivity index (χ1) is 15.6. The van der Waals surface area contributed by atoms with Crippen LogP contribution >= 0.6 is 0 Å². The number of hydrogen-bond donors (Lipinski definition) is 2. The first kappa shape index (κ1) is 26.0. The molecule has 6 nitrogen and oxygen atoms in total. The normalized spacial score (nSPS) is 12.8. The molecule has 0 spiro atoms. The van der Waals surface area contributed by atoms with Crippen molar-refractivity contribution in [3.63, 3.8) is 0 Å². The number of methoxy groups -OCH3 is 1. The van der Waals surface area contributed by atoms with E-state index in [0.717, 1.165) is 10.5 Å². The number of benzene rings is 2. The smallest absolute Gasteiger partial charge is 0.242 e. The Morgan fingerprint density at radius 2 is 1.42 bits per heavy atom. The number of ether oxygens (including phenoxy) is 1. The molecule has 180 valence electrons. The van der Waals surface area contributed by atoms with Crippen LogP contribution in [0.15, 0.2) is 24.3 Å². The van der Waals surface area contributed by atoms with Crippen LogP contribution in [0.2, 0.25) is 0 Å². The Labute approximate surface area is 187 Å². The van der Waals surface area contributed by atoms with Gasteiger partial charge in [0.1, 0.15) is 11.8 Å². The number of nitrogens with zero attached hydrogens (tertiary/aromatic N) is 1. The highest BCUT2D eigenvalue weighted by Crippen LogP contribution is 2.25. The van der Waals surface area contributed by atoms with Gasteiger partial charge in [0.15, 0.2) is 23.3 Å². The maximum Gasteiger partial charge on any atom is 0.242 e. The maximum absolute atomic E-state index is 14.2. The predicted molar refractivity (Wildman–Crippen MR) is 110 cm³/mol. The van der Waals surface area contributed by atoms with Gasteiger partial charge in [-0.25, -0.2) is 22.0 Å². The second kappa shape index (κ2) is 11.1. The fourth-order valence-electron chi connectivity index (χ4n) is 3.30. The third-order valence-corrected chi connectivity index (χ3v) is 5.31. The molecule has 0 saturated carbocycles. The summed E-state index contributed by atoms with van der Waals surface area (Å²) in [7, 11) is 5.46. The number of halogens is 5. The van der Waals surface area contributed by atoms with Crippen LogP contribution in [0.3, 0.4) is 0 Å². The van der Waals surface area contributed by atoms with Crippen molar-refractivity contribution in [1.82, 2.24) is 15.5 Å². The minimum absolute atomic E-state index is 0.201. The van der Waals surface area contributed by atoms with Crippen molar-refractivity contribution in [1.29, 1.82) is 0 Å². The monoisotopic (exact) mass is 473 g/mol. The van der Waals surface area contributed by atoms with Crippen LogP contribution in [-0.4, -0.2) is 57.1 Å². The van der Waals surface area contributed by atoms with Gasteiger partial charge in [0.05, 0.1) is 13.2 Å². The van der Waals surface area contributed by atoms with Crippen molar-refractivity contribution < 1.29 is 36.3 Å². The molecule has 33 heavy (non-hydrogen) atoms. The molecule has 11 heteroatoms. The van der Waals surface area contributed by atoms with Crippen LogP contribution in [0, 0.1) is 29.1 Å². The Morgan fingerprint density at radius 3 is 1.88 bits per heavy atom. The molecule has 2 N–H and O–H groups in total. The van der Waals surface area contributed by atoms with Gasteiger partial charge in [0.2, 0.25) is 17.6 Å². The summed E-state index contributed by atoms with van der Waals surface area (Å²) in [5.74, 6) is -11.5. The quantitative estimate of drug-likeness (QED) is 0.333. The second-order valence-corrected chi connectivity index (χ2v) is 7.23. The molecule has 2 atom stereocenters. The zero-order chi connectivity index (χ0) is 24.9. The highest BCUT2D eigenvalue weighted by molar-refractivity contribution is 5.90. The van der Waals surface area contributed by atoms with Gasteiger partial charge in [-0.05, 0) is 31.2 Å². The minimum atomic E-state index is -2.30. The molecule has 0 aliphatic rings. The minimum Gasteiger partial charge on any atom is -0.497 e. The largest absolute Gasteiger partial charge is 0.497 e. The van der Waals surface area contributed by atoms with E-state index in [1.165, 1.54) is 28.3 Å². The van der Waals surface area contributed by atoms with E-state index in [1.807, 2.05) is 0 Å². The van der Waals surface area contributed by atoms with Crippen molar-refractivity contribution in [2.24, 2.45) is 0 Å². The molecule has 0 saturated heterocycles. The molecular formula is C22H24F5N3O3. The molecule has 0 heterocycles. The van der Waals surface area contributed by atoms with Crippen LogP contribution < -0.4 is 15.4 Å². The van der Waals surface area contributed by atoms with E-state index < -0.39 is 65.0 Å². The standard InChI is InChI=1S/C22H24F5N3O3/c1-28-14(9-11-5-7-12(33-4)8-6-11)22(32)30(3)15(21(31)29-2)10-13-16(23)18(25)20(27)19(26)17(13)24/h5-8,14-15,28H,9-10H2,1-4H3,(H,29,31)/t14-,15-/m1/s1. The van der Waals surface area contributed by atoms with Crippen LogP contribution in [0.5, 0.6) is 5.75 Å². The third kappa shape index (κ3) is 5.59. The lowest BCUT2D eigenvalue weighted by Crippen LogP contribution is -2.54. The molecule has 0 radical (unpaired) electrons. The molecule has 2 rings (SSSR count). The molecule has 0 aromatic heterocycles. The van der Waals surface area contributed by atoms with Crippen LogP contribution in [-0.2, 0) is 22.4 Å². The molecule has 0 fully saturated rings. The van der Waals surface area contributed by atoms with E-state index >= 15 is 0 Å². The first-order valence-electron chi connectivity index (χ1n) is 9.86. The fourth-order valence-corrected chi connectivity index (χ4v) is 3.30. The average Bonchev–Trinajstić information content (AvgIpc) is 2.84. The summed E-state index contributed by atoms with van der Waals surface area (Å²) >= 11 is 0. The number of amides is 2. The fraction of sp³-hybridized carbons (Fsp3) is 0.364. The molecule has 0 unspecified atom stereocenters. The first-order valence-corrected chi connectivity index (χ1v) is 9.86. The Balaban J connectivity index is 2.33. The molecule has 0 bridgehead atoms. The van der Waals surface area contributed by atoms with E-state index in [9.17, 15) is 31.5 Å². The van der Waals surface area contributed by atoms with Gasteiger partial charge in [-0.15, -0.1) is 0 Å². The molecule has 0 aliphatic carbocycles. The van der Waals surface area contributed by atoms with Gasteiger partial charge in [-0.3, -0.25) is 9.59 Å². The van der Waals surface area contributed by atoms with Gasteiger partial charge < -0.3 is 20.3 Å². The second-order valence-electron chi connectivity index (χ2n) is 7.23. The number of rotatable bonds is 9. The van der Waals surface area contributed by atoms with Gasteiger partial charge in [0, 0.05) is 26.1 Å². The molecule has 2 amide bonds. The van der Waals surface area contributed by atoms with Crippen LogP contribution in [0.25, 0.3) is 0 Å². The number of carbonyl (C=O) groups excluding carboxylic acids is 2. The Morgan fingerprint density at radius 1 is 0.909 bits per heavy atom. The lowest BCUT2D eigenvalue weighted by molar-refractivity contribution is -0.140. The number of hydrogen-bond acceptors (Lipinski definition) is 4. The average molecular weight is 473 g/mol. The SMILES string of the molecule is CNC(=O)[C@@H](Cc1c(F)c(F)c(F)c(F)c1F)N(C)C(=O)[C@@H](Cc1ccc(OC)cc1)NC. The topological polar surface area (TPSA) is 70.7 Å². The summed E-state index contributed by atoms with van der Waals surface area (Å²) in [4.78, 5) is 26.4. The Hall–Kier alpha value is -3.21. The summed E-state index contributed by atoms with van der Waals surface area (Å²) in [6.45, 7) is 0. The summed E-state index contributed by atoms with van der Waals surface area (Å²) in [6, 6.07) is 4.50. The predicted octanol–water partition coefficient (Wildman–Crippen LogP) is 2.34. The van der Waals surface area contributed by atoms with E-state index in [2.05, 4.69) is 10.6 Å². The molecule has 0 aliphatic heterocycles. The van der Waals surface area contributed by atoms with Crippen molar-refractivity contribution >= 4 is 11.8 Å². The summed E-state index contributed by atoms with van der Waals surface area (Å²) < 4.78 is 74.1. The Bertz CT molecular complexity index is 988. The van der Waals surface area contributed by atoms with Gasteiger partial charge in [-0.1, -0.05) is 12.1 Å². The van der Waals surface area contributed by atoms with Gasteiger partial charge in [0.25, 0.3) is 0 Å². The van der Waals surface area contributed by atoms with Gasteiger partial charge >= 0.3 is 0 Å². The number of likely N-dealkylation sites (N-methyl/N-ethyl adjacent to an activating group) is 3. The summed E-state index contributed by atoms with van der Waals surface area (Å²) in [5, 5.41) is 5.06. The highest BCUT2D eigenvalue weighted by atomic mass is 19.2. The van der Waals surface area contributed by atoms with Crippen LogP contribution in [0.4, 0.5) is 22.0 Å². The Kier molecular flexibility index (Phi) is 8.75. The van der Waals surface area contributed by atoms with Crippen LogP contribution in [0.1, 0.15) is 11.1 Å². The summed E-state index contributed by atoms with van der Waals surface area (Å²) in [6.07, 6.45) is -0.723. The van der Waals surface area contributed by atoms with E-state index in [1.54, 1.807) is 24.3 Å². The lowest BCUT2D eigenvalue weighted by Gasteiger charge is -2.30. The molecule has 2 aromatic carbocycles. The zero-order valence-corrected chi connectivity index (χ0v) is 18.4. The van der Waals surface area contributed by atoms with E-state index in [0.29, 0.717) is 5.75 Å². The lowest BCUT2D eigenvalue weighted by atomic mass is 10.00. The zero-order valence-electron chi connectivity index (χ0n) is 18.4. The highest BCUT2D eigenvalue weighted by Gasteiger charge is 2.34. The number of nitrogens with one attached hydrogen (secondary N) is 2. The van der Waals surface area contributed by atoms with Crippen molar-refractivity contribution in [2.75, 3.05) is 28.3 Å². The van der Waals surface area contributed by atoms with Crippen molar-refractivity contribution in [3.05, 3.63) is 64.5 Å². The van der Waals surface area contributed by atoms with Crippen molar-refractivity contribution in [2.45, 2.75) is 24.9 Å².